The van der Waals surface area contributed by atoms with Gasteiger partial charge in [-0.05, 0) is 71.8 Å². The first kappa shape index (κ1) is 26.4. The van der Waals surface area contributed by atoms with E-state index in [4.69, 9.17) is 35.3 Å². The van der Waals surface area contributed by atoms with Crippen molar-refractivity contribution in [1.82, 2.24) is 5.32 Å². The van der Waals surface area contributed by atoms with Gasteiger partial charge >= 0.3 is 6.16 Å². The minimum absolute atomic E-state index is 0.136. The molecule has 1 aromatic carbocycles. The molecule has 0 saturated heterocycles. The van der Waals surface area contributed by atoms with Crippen molar-refractivity contribution in [1.29, 1.82) is 0 Å². The predicted octanol–water partition coefficient (Wildman–Crippen LogP) is 4.36. The summed E-state index contributed by atoms with van der Waals surface area (Å²) in [5, 5.41) is 5.40. The average Bonchev–Trinajstić information content (AvgIpc) is 3.04. The molecule has 1 N–H and O–H groups in total. The number of carbonyl (C=O) groups excluding carboxylic acids is 2. The lowest BCUT2D eigenvalue weighted by Crippen LogP contribution is -2.50. The SMILES string of the molecule is CCOC(=O)OC1=C(c2c(Br)cc(C#CCl)cc2OC)C(=O)NC12CCCC(OCCOC)C2. The smallest absolute Gasteiger partial charge is 0.496 e. The summed E-state index contributed by atoms with van der Waals surface area (Å²) in [6, 6.07) is 3.39. The Morgan fingerprint density at radius 3 is 2.79 bits per heavy atom. The van der Waals surface area contributed by atoms with Crippen LogP contribution in [0.2, 0.25) is 0 Å². The number of ether oxygens (including phenoxy) is 5. The lowest BCUT2D eigenvalue weighted by molar-refractivity contribution is -0.117. The van der Waals surface area contributed by atoms with Crippen molar-refractivity contribution in [3.8, 4) is 17.0 Å². The molecule has 8 nitrogen and oxygen atoms in total. The maximum atomic E-state index is 13.4. The number of carbonyl (C=O) groups is 2. The average molecular weight is 557 g/mol. The van der Waals surface area contributed by atoms with E-state index >= 15 is 0 Å². The molecule has 1 saturated carbocycles. The molecule has 2 aliphatic rings. The summed E-state index contributed by atoms with van der Waals surface area (Å²) in [7, 11) is 3.09. The molecule has 10 heteroatoms. The zero-order valence-corrected chi connectivity index (χ0v) is 21.6. The van der Waals surface area contributed by atoms with Crippen LogP contribution in [-0.4, -0.2) is 57.7 Å². The molecule has 1 aliphatic heterocycles. The van der Waals surface area contributed by atoms with Crippen molar-refractivity contribution >= 4 is 45.2 Å². The Labute approximate surface area is 212 Å². The van der Waals surface area contributed by atoms with E-state index in [1.165, 1.54) is 7.11 Å². The van der Waals surface area contributed by atoms with Gasteiger partial charge in [0.25, 0.3) is 5.91 Å². The summed E-state index contributed by atoms with van der Waals surface area (Å²) in [5.41, 5.74) is 0.306. The number of hydrogen-bond donors (Lipinski definition) is 1. The van der Waals surface area contributed by atoms with Crippen LogP contribution in [0, 0.1) is 11.3 Å². The van der Waals surface area contributed by atoms with Gasteiger partial charge in [-0.2, -0.15) is 0 Å². The van der Waals surface area contributed by atoms with Crippen LogP contribution in [0.4, 0.5) is 4.79 Å². The van der Waals surface area contributed by atoms with E-state index in [9.17, 15) is 9.59 Å². The van der Waals surface area contributed by atoms with Gasteiger partial charge in [-0.15, -0.1) is 0 Å². The molecule has 0 radical (unpaired) electrons. The zero-order valence-electron chi connectivity index (χ0n) is 19.3. The van der Waals surface area contributed by atoms with E-state index in [-0.39, 0.29) is 30.0 Å². The van der Waals surface area contributed by atoms with Crippen molar-refractivity contribution in [2.24, 2.45) is 0 Å². The molecule has 2 unspecified atom stereocenters. The molecule has 184 valence electrons. The van der Waals surface area contributed by atoms with Gasteiger partial charge < -0.3 is 29.0 Å². The fraction of sp³-hybridized carbons (Fsp3) is 0.500. The van der Waals surface area contributed by atoms with Crippen LogP contribution in [0.15, 0.2) is 22.4 Å². The lowest BCUT2D eigenvalue weighted by Gasteiger charge is -2.38. The molecule has 2 atom stereocenters. The number of methoxy groups -OCH3 is 2. The first-order valence-corrected chi connectivity index (χ1v) is 12.1. The molecular weight excluding hydrogens is 530 g/mol. The molecular formula is C24H27BrClNO7. The molecule has 1 heterocycles. The second kappa shape index (κ2) is 11.9. The molecule has 0 aromatic heterocycles. The van der Waals surface area contributed by atoms with Gasteiger partial charge in [-0.1, -0.05) is 0 Å². The third-order valence-electron chi connectivity index (χ3n) is 5.75. The van der Waals surface area contributed by atoms with Crippen molar-refractivity contribution in [3.05, 3.63) is 33.5 Å². The van der Waals surface area contributed by atoms with Gasteiger partial charge in [0.1, 0.15) is 11.3 Å². The van der Waals surface area contributed by atoms with Gasteiger partial charge in [0.15, 0.2) is 5.76 Å². The second-order valence-corrected chi connectivity index (χ2v) is 8.91. The number of amides is 1. The highest BCUT2D eigenvalue weighted by molar-refractivity contribution is 9.10. The molecule has 1 fully saturated rings. The Bertz CT molecular complexity index is 1030. The van der Waals surface area contributed by atoms with Crippen LogP contribution < -0.4 is 10.1 Å². The maximum Gasteiger partial charge on any atom is 0.513 e. The molecule has 34 heavy (non-hydrogen) atoms. The first-order chi connectivity index (χ1) is 16.4. The number of rotatable bonds is 8. The Morgan fingerprint density at radius 1 is 1.32 bits per heavy atom. The summed E-state index contributed by atoms with van der Waals surface area (Å²) in [6.45, 7) is 2.71. The predicted molar refractivity (Wildman–Crippen MR) is 129 cm³/mol. The standard InChI is InChI=1S/C24H27BrClNO7/c1-4-32-23(29)34-21-20(19-17(25)12-15(7-9-26)13-18(19)31-3)22(28)27-24(21)8-5-6-16(14-24)33-11-10-30-2/h12-13,16H,4-6,8,10-11,14H2,1-3H3,(H,27,28). The quantitative estimate of drug-likeness (QED) is 0.289. The lowest BCUT2D eigenvalue weighted by atomic mass is 9.79. The van der Waals surface area contributed by atoms with E-state index < -0.39 is 11.7 Å². The van der Waals surface area contributed by atoms with Crippen LogP contribution >= 0.6 is 27.5 Å². The minimum Gasteiger partial charge on any atom is -0.496 e. The number of nitrogens with one attached hydrogen (secondary N) is 1. The fourth-order valence-electron chi connectivity index (χ4n) is 4.38. The van der Waals surface area contributed by atoms with Gasteiger partial charge in [0.2, 0.25) is 0 Å². The topological polar surface area (TPSA) is 92.3 Å². The normalized spacial score (nSPS) is 21.7. The van der Waals surface area contributed by atoms with Crippen molar-refractivity contribution < 1.29 is 33.3 Å². The third kappa shape index (κ3) is 5.69. The third-order valence-corrected chi connectivity index (χ3v) is 6.47. The van der Waals surface area contributed by atoms with Crippen molar-refractivity contribution in [2.45, 2.75) is 44.2 Å². The summed E-state index contributed by atoms with van der Waals surface area (Å²) in [6.07, 6.45) is 1.59. The van der Waals surface area contributed by atoms with E-state index in [0.717, 1.165) is 12.8 Å². The summed E-state index contributed by atoms with van der Waals surface area (Å²) < 4.78 is 27.9. The van der Waals surface area contributed by atoms with Crippen molar-refractivity contribution in [3.63, 3.8) is 0 Å². The molecule has 1 spiro atoms. The Kier molecular flexibility index (Phi) is 9.25. The van der Waals surface area contributed by atoms with Gasteiger partial charge in [-0.25, -0.2) is 4.79 Å². The largest absolute Gasteiger partial charge is 0.513 e. The number of halogens is 2. The highest BCUT2D eigenvalue weighted by atomic mass is 79.9. The van der Waals surface area contributed by atoms with Crippen LogP contribution in [0.3, 0.4) is 0 Å². The zero-order chi connectivity index (χ0) is 24.7. The Hall–Kier alpha value is -2.25. The summed E-state index contributed by atoms with van der Waals surface area (Å²) in [5.74, 6) is 2.95. The number of hydrogen-bond acceptors (Lipinski definition) is 7. The van der Waals surface area contributed by atoms with Gasteiger partial charge in [-0.3, -0.25) is 4.79 Å². The number of benzene rings is 1. The Morgan fingerprint density at radius 2 is 2.12 bits per heavy atom. The fourth-order valence-corrected chi connectivity index (χ4v) is 5.13. The van der Waals surface area contributed by atoms with Crippen molar-refractivity contribution in [2.75, 3.05) is 34.0 Å². The van der Waals surface area contributed by atoms with E-state index in [0.29, 0.717) is 47.4 Å². The first-order valence-electron chi connectivity index (χ1n) is 10.9. The summed E-state index contributed by atoms with van der Waals surface area (Å²) in [4.78, 5) is 25.8. The molecule has 0 bridgehead atoms. The van der Waals surface area contributed by atoms with Gasteiger partial charge in [0.05, 0.1) is 38.6 Å². The van der Waals surface area contributed by atoms with E-state index in [2.05, 4.69) is 32.5 Å². The van der Waals surface area contributed by atoms with Crippen LogP contribution in [0.5, 0.6) is 5.75 Å². The van der Waals surface area contributed by atoms with E-state index in [1.807, 2.05) is 0 Å². The molecule has 3 rings (SSSR count). The molecule has 1 amide bonds. The monoisotopic (exact) mass is 555 g/mol. The minimum atomic E-state index is -0.922. The highest BCUT2D eigenvalue weighted by Crippen LogP contribution is 2.47. The summed E-state index contributed by atoms with van der Waals surface area (Å²) >= 11 is 9.08. The Balaban J connectivity index is 2.12. The van der Waals surface area contributed by atoms with E-state index in [1.54, 1.807) is 26.2 Å². The van der Waals surface area contributed by atoms with Crippen LogP contribution in [-0.2, 0) is 23.7 Å². The maximum absolute atomic E-state index is 13.4. The van der Waals surface area contributed by atoms with Crippen LogP contribution in [0.1, 0.15) is 43.7 Å². The van der Waals surface area contributed by atoms with Gasteiger partial charge in [0, 0.05) is 34.5 Å². The molecule has 1 aliphatic carbocycles. The highest BCUT2D eigenvalue weighted by Gasteiger charge is 2.51. The van der Waals surface area contributed by atoms with Crippen LogP contribution in [0.25, 0.3) is 5.57 Å². The second-order valence-electron chi connectivity index (χ2n) is 7.86. The molecule has 1 aromatic rings.